The van der Waals surface area contributed by atoms with Gasteiger partial charge in [-0.15, -0.1) is 0 Å². The average Bonchev–Trinajstić information content (AvgIpc) is 2.93. The minimum absolute atomic E-state index is 1.08. The van der Waals surface area contributed by atoms with E-state index in [9.17, 15) is 0 Å². The zero-order valence-corrected chi connectivity index (χ0v) is 19.3. The lowest BCUT2D eigenvalue weighted by molar-refractivity contribution is 0.997. The first-order valence-electron chi connectivity index (χ1n) is 11.9. The second-order valence-corrected chi connectivity index (χ2v) is 8.57. The molecule has 0 N–H and O–H groups in total. The third-order valence-corrected chi connectivity index (χ3v) is 6.18. The molecule has 0 atom stereocenters. The molecule has 5 rings (SSSR count). The molecule has 1 aliphatic rings. The largest absolute Gasteiger partial charge is 0.0842 e. The van der Waals surface area contributed by atoms with Crippen LogP contribution in [-0.2, 0) is 0 Å². The zero-order valence-electron chi connectivity index (χ0n) is 19.3. The van der Waals surface area contributed by atoms with Gasteiger partial charge >= 0.3 is 0 Å². The first-order chi connectivity index (χ1) is 16.8. The quantitative estimate of drug-likeness (QED) is 0.264. The van der Waals surface area contributed by atoms with Crippen LogP contribution in [0.1, 0.15) is 35.1 Å². The summed E-state index contributed by atoms with van der Waals surface area (Å²) in [7, 11) is 0. The second kappa shape index (κ2) is 10.6. The van der Waals surface area contributed by atoms with Crippen LogP contribution in [0.2, 0.25) is 0 Å². The maximum Gasteiger partial charge on any atom is -0.0146 e. The predicted octanol–water partition coefficient (Wildman–Crippen LogP) is 9.34. The molecular weight excluding hydrogens is 408 g/mol. The van der Waals surface area contributed by atoms with E-state index >= 15 is 0 Å². The lowest BCUT2D eigenvalue weighted by atomic mass is 9.90. The molecule has 4 aromatic rings. The van der Waals surface area contributed by atoms with E-state index < -0.39 is 0 Å². The van der Waals surface area contributed by atoms with Gasteiger partial charge in [-0.1, -0.05) is 140 Å². The smallest absolute Gasteiger partial charge is 0.0146 e. The number of benzene rings is 4. The summed E-state index contributed by atoms with van der Waals surface area (Å²) < 4.78 is 0. The predicted molar refractivity (Wildman–Crippen MR) is 148 cm³/mol. The van der Waals surface area contributed by atoms with Gasteiger partial charge in [0.15, 0.2) is 0 Å². The maximum absolute atomic E-state index is 2.32. The van der Waals surface area contributed by atoms with E-state index in [0.717, 1.165) is 12.8 Å². The molecule has 0 nitrogen and oxygen atoms in total. The minimum Gasteiger partial charge on any atom is -0.0842 e. The zero-order chi connectivity index (χ0) is 23.0. The summed E-state index contributed by atoms with van der Waals surface area (Å²) >= 11 is 0. The molecule has 0 heterocycles. The van der Waals surface area contributed by atoms with E-state index in [2.05, 4.69) is 140 Å². The summed E-state index contributed by atoms with van der Waals surface area (Å²) in [6.45, 7) is 0. The molecule has 0 aliphatic heterocycles. The highest BCUT2D eigenvalue weighted by Crippen LogP contribution is 2.31. The highest BCUT2D eigenvalue weighted by Gasteiger charge is 2.09. The molecule has 0 amide bonds. The Morgan fingerprint density at radius 3 is 1.71 bits per heavy atom. The molecule has 1 aliphatic carbocycles. The molecule has 0 radical (unpaired) electrons. The van der Waals surface area contributed by atoms with Gasteiger partial charge in [0.05, 0.1) is 0 Å². The Morgan fingerprint density at radius 2 is 1.12 bits per heavy atom. The summed E-state index contributed by atoms with van der Waals surface area (Å²) in [5.74, 6) is 0. The third kappa shape index (κ3) is 5.42. The Hall–Kier alpha value is -4.16. The van der Waals surface area contributed by atoms with Gasteiger partial charge in [0.1, 0.15) is 0 Å². The van der Waals surface area contributed by atoms with Crippen LogP contribution in [0.4, 0.5) is 0 Å². The van der Waals surface area contributed by atoms with Gasteiger partial charge in [-0.3, -0.25) is 0 Å². The van der Waals surface area contributed by atoms with E-state index in [1.165, 1.54) is 44.5 Å². The molecule has 0 fully saturated rings. The van der Waals surface area contributed by atoms with Crippen LogP contribution in [-0.4, -0.2) is 0 Å². The highest BCUT2D eigenvalue weighted by atomic mass is 14.1. The van der Waals surface area contributed by atoms with Gasteiger partial charge in [0, 0.05) is 0 Å². The SMILES string of the molecule is C1=CCCC(/C(=C/c2ccc(-c3ccc(/C=C\c4ccccc4)cc3)cc2)c2ccccc2)=C1. The molecule has 34 heavy (non-hydrogen) atoms. The topological polar surface area (TPSA) is 0 Å². The lowest BCUT2D eigenvalue weighted by Crippen LogP contribution is -1.93. The van der Waals surface area contributed by atoms with Crippen molar-refractivity contribution in [2.24, 2.45) is 0 Å². The van der Waals surface area contributed by atoms with Crippen molar-refractivity contribution in [3.63, 3.8) is 0 Å². The molecule has 0 saturated heterocycles. The van der Waals surface area contributed by atoms with Gasteiger partial charge in [0.25, 0.3) is 0 Å². The summed E-state index contributed by atoms with van der Waals surface area (Å²) in [6.07, 6.45) is 15.5. The van der Waals surface area contributed by atoms with Gasteiger partial charge in [0.2, 0.25) is 0 Å². The van der Waals surface area contributed by atoms with Crippen LogP contribution in [0.5, 0.6) is 0 Å². The normalized spacial score (nSPS) is 13.8. The Kier molecular flexibility index (Phi) is 6.78. The molecule has 164 valence electrons. The summed E-state index contributed by atoms with van der Waals surface area (Å²) in [6, 6.07) is 38.8. The van der Waals surface area contributed by atoms with Crippen molar-refractivity contribution < 1.29 is 0 Å². The van der Waals surface area contributed by atoms with E-state index in [-0.39, 0.29) is 0 Å². The maximum atomic E-state index is 2.32. The Morgan fingerprint density at radius 1 is 0.559 bits per heavy atom. The molecular formula is C34H28. The van der Waals surface area contributed by atoms with Crippen molar-refractivity contribution in [3.8, 4) is 11.1 Å². The molecule has 0 unspecified atom stereocenters. The van der Waals surface area contributed by atoms with Crippen LogP contribution >= 0.6 is 0 Å². The summed E-state index contributed by atoms with van der Waals surface area (Å²) in [5.41, 5.74) is 10.1. The molecule has 0 heteroatoms. The van der Waals surface area contributed by atoms with Crippen molar-refractivity contribution >= 4 is 23.8 Å². The van der Waals surface area contributed by atoms with E-state index in [1.807, 2.05) is 6.07 Å². The van der Waals surface area contributed by atoms with E-state index in [4.69, 9.17) is 0 Å². The van der Waals surface area contributed by atoms with E-state index in [0.29, 0.717) is 0 Å². The highest BCUT2D eigenvalue weighted by molar-refractivity contribution is 5.91. The van der Waals surface area contributed by atoms with Gasteiger partial charge in [-0.2, -0.15) is 0 Å². The Labute approximate surface area is 202 Å². The lowest BCUT2D eigenvalue weighted by Gasteiger charge is -2.14. The van der Waals surface area contributed by atoms with Crippen LogP contribution in [0.15, 0.2) is 133 Å². The van der Waals surface area contributed by atoms with Crippen LogP contribution < -0.4 is 0 Å². The number of allylic oxidation sites excluding steroid dienone is 5. The molecule has 0 saturated carbocycles. The second-order valence-electron chi connectivity index (χ2n) is 8.57. The molecule has 0 bridgehead atoms. The standard InChI is InChI=1S/C34H28/c1-4-10-27(11-5-1)16-17-28-18-22-30(23-19-28)31-24-20-29(21-25-31)26-34(32-12-6-2-7-13-32)33-14-8-3-9-15-33/h1-8,10-14,16-26H,9,15H2/b17-16-,34-26+. The molecule has 4 aromatic carbocycles. The number of rotatable bonds is 6. The summed E-state index contributed by atoms with van der Waals surface area (Å²) in [5, 5.41) is 0. The van der Waals surface area contributed by atoms with Gasteiger partial charge < -0.3 is 0 Å². The monoisotopic (exact) mass is 436 g/mol. The van der Waals surface area contributed by atoms with Crippen molar-refractivity contribution in [2.75, 3.05) is 0 Å². The van der Waals surface area contributed by atoms with Crippen LogP contribution in [0.3, 0.4) is 0 Å². The first-order valence-corrected chi connectivity index (χ1v) is 11.9. The van der Waals surface area contributed by atoms with Crippen molar-refractivity contribution in [1.29, 1.82) is 0 Å². The van der Waals surface area contributed by atoms with Crippen molar-refractivity contribution in [1.82, 2.24) is 0 Å². The minimum atomic E-state index is 1.08. The molecule has 0 spiro atoms. The third-order valence-electron chi connectivity index (χ3n) is 6.18. The van der Waals surface area contributed by atoms with Gasteiger partial charge in [-0.05, 0) is 63.4 Å². The number of hydrogen-bond donors (Lipinski definition) is 0. The van der Waals surface area contributed by atoms with Crippen LogP contribution in [0, 0.1) is 0 Å². The van der Waals surface area contributed by atoms with Crippen molar-refractivity contribution in [2.45, 2.75) is 12.8 Å². The average molecular weight is 437 g/mol. The fraction of sp³-hybridized carbons (Fsp3) is 0.0588. The first kappa shape index (κ1) is 21.7. The molecule has 0 aromatic heterocycles. The fourth-order valence-corrected chi connectivity index (χ4v) is 4.29. The fourth-order valence-electron chi connectivity index (χ4n) is 4.29. The van der Waals surface area contributed by atoms with Crippen LogP contribution in [0.25, 0.3) is 34.9 Å². The Balaban J connectivity index is 1.36. The van der Waals surface area contributed by atoms with E-state index in [1.54, 1.807) is 0 Å². The Bertz CT molecular complexity index is 1330. The summed E-state index contributed by atoms with van der Waals surface area (Å²) in [4.78, 5) is 0. The van der Waals surface area contributed by atoms with Crippen molar-refractivity contribution in [3.05, 3.63) is 155 Å². The van der Waals surface area contributed by atoms with Gasteiger partial charge in [-0.25, -0.2) is 0 Å². The number of hydrogen-bond acceptors (Lipinski definition) is 0.